The highest BCUT2D eigenvalue weighted by Gasteiger charge is 2.15. The number of hydrogen-bond donors (Lipinski definition) is 2. The second-order valence-corrected chi connectivity index (χ2v) is 4.72. The number of aryl methyl sites for hydroxylation is 1. The van der Waals surface area contributed by atoms with Gasteiger partial charge in [-0.2, -0.15) is 10.2 Å². The molecule has 0 saturated carbocycles. The van der Waals surface area contributed by atoms with Crippen LogP contribution < -0.4 is 5.73 Å². The molecule has 0 aliphatic heterocycles. The molecule has 0 saturated heterocycles. The van der Waals surface area contributed by atoms with Gasteiger partial charge in [0.2, 0.25) is 0 Å². The van der Waals surface area contributed by atoms with Crippen molar-refractivity contribution in [2.45, 2.75) is 20.0 Å². The molecular formula is C14H15N5O2. The maximum atomic E-state index is 11.0. The Morgan fingerprint density at radius 2 is 2.10 bits per heavy atom. The minimum atomic E-state index is -1.13. The molecule has 0 fully saturated rings. The Morgan fingerprint density at radius 1 is 1.33 bits per heavy atom. The number of anilines is 1. The van der Waals surface area contributed by atoms with Gasteiger partial charge >= 0.3 is 5.97 Å². The highest BCUT2D eigenvalue weighted by Crippen LogP contribution is 2.20. The number of nitrogen functional groups attached to an aromatic ring is 1. The molecular weight excluding hydrogens is 270 g/mol. The lowest BCUT2D eigenvalue weighted by molar-refractivity contribution is 0.0690. The van der Waals surface area contributed by atoms with E-state index in [1.165, 1.54) is 10.9 Å². The predicted octanol–water partition coefficient (Wildman–Crippen LogP) is 1.58. The van der Waals surface area contributed by atoms with E-state index in [0.717, 1.165) is 23.1 Å². The third-order valence-electron chi connectivity index (χ3n) is 3.34. The quantitative estimate of drug-likeness (QED) is 0.758. The Morgan fingerprint density at radius 3 is 2.76 bits per heavy atom. The number of hydrogen-bond acceptors (Lipinski definition) is 4. The third kappa shape index (κ3) is 2.22. The van der Waals surface area contributed by atoms with Crippen molar-refractivity contribution in [1.82, 2.24) is 19.6 Å². The van der Waals surface area contributed by atoms with Gasteiger partial charge < -0.3 is 10.8 Å². The van der Waals surface area contributed by atoms with Crippen LogP contribution in [-0.4, -0.2) is 30.6 Å². The molecule has 108 valence electrons. The highest BCUT2D eigenvalue weighted by atomic mass is 16.4. The molecule has 0 spiro atoms. The molecule has 2 heterocycles. The number of carboxylic acid groups (broad SMARTS) is 1. The molecule has 0 radical (unpaired) electrons. The van der Waals surface area contributed by atoms with Gasteiger partial charge in [0.1, 0.15) is 0 Å². The number of fused-ring (bicyclic) bond motifs is 1. The van der Waals surface area contributed by atoms with Crippen LogP contribution in [0.3, 0.4) is 0 Å². The molecule has 0 amide bonds. The fourth-order valence-corrected chi connectivity index (χ4v) is 2.39. The maximum Gasteiger partial charge on any atom is 0.358 e. The molecule has 0 aliphatic carbocycles. The first-order valence-corrected chi connectivity index (χ1v) is 6.60. The lowest BCUT2D eigenvalue weighted by Crippen LogP contribution is -2.05. The van der Waals surface area contributed by atoms with Crippen LogP contribution in [0.5, 0.6) is 0 Å². The van der Waals surface area contributed by atoms with Gasteiger partial charge in [-0.15, -0.1) is 0 Å². The number of nitrogens with two attached hydrogens (primary N) is 1. The van der Waals surface area contributed by atoms with Gasteiger partial charge in [-0.3, -0.25) is 9.36 Å². The van der Waals surface area contributed by atoms with Crippen molar-refractivity contribution < 1.29 is 9.90 Å². The summed E-state index contributed by atoms with van der Waals surface area (Å²) in [6.45, 7) is 3.17. The van der Waals surface area contributed by atoms with Gasteiger partial charge in [-0.1, -0.05) is 18.2 Å². The number of aromatic nitrogens is 4. The standard InChI is InChI=1S/C14H15N5O2/c1-2-19-12-6-4-3-5-9(12)11(16-19)8-18-7-10(15)13(17-18)14(20)21/h3-7H,2,8,15H2,1H3,(H,20,21). The Balaban J connectivity index is 2.02. The molecule has 0 bridgehead atoms. The maximum absolute atomic E-state index is 11.0. The molecule has 0 aliphatic rings. The molecule has 7 heteroatoms. The minimum Gasteiger partial charge on any atom is -0.476 e. The van der Waals surface area contributed by atoms with E-state index in [4.69, 9.17) is 10.8 Å². The normalized spacial score (nSPS) is 11.1. The van der Waals surface area contributed by atoms with Crippen LogP contribution in [0.15, 0.2) is 30.5 Å². The summed E-state index contributed by atoms with van der Waals surface area (Å²) in [5.41, 5.74) is 7.56. The number of benzene rings is 1. The van der Waals surface area contributed by atoms with Gasteiger partial charge in [0.25, 0.3) is 0 Å². The van der Waals surface area contributed by atoms with Crippen molar-refractivity contribution in [2.75, 3.05) is 5.73 Å². The lowest BCUT2D eigenvalue weighted by atomic mass is 10.2. The molecule has 0 unspecified atom stereocenters. The highest BCUT2D eigenvalue weighted by molar-refractivity contribution is 5.91. The van der Waals surface area contributed by atoms with Crippen molar-refractivity contribution in [3.05, 3.63) is 41.9 Å². The Labute approximate surface area is 120 Å². The lowest BCUT2D eigenvalue weighted by Gasteiger charge is -1.98. The van der Waals surface area contributed by atoms with E-state index in [0.29, 0.717) is 6.54 Å². The number of carbonyl (C=O) groups is 1. The molecule has 21 heavy (non-hydrogen) atoms. The fraction of sp³-hybridized carbons (Fsp3) is 0.214. The van der Waals surface area contributed by atoms with E-state index in [9.17, 15) is 4.79 Å². The van der Waals surface area contributed by atoms with E-state index in [-0.39, 0.29) is 11.4 Å². The number of aromatic carboxylic acids is 1. The summed E-state index contributed by atoms with van der Waals surface area (Å²) >= 11 is 0. The van der Waals surface area contributed by atoms with Gasteiger partial charge in [0.05, 0.1) is 23.4 Å². The summed E-state index contributed by atoms with van der Waals surface area (Å²) in [4.78, 5) is 11.0. The molecule has 1 aromatic carbocycles. The smallest absolute Gasteiger partial charge is 0.358 e. The summed E-state index contributed by atoms with van der Waals surface area (Å²) < 4.78 is 3.42. The van der Waals surface area contributed by atoms with Gasteiger partial charge in [0.15, 0.2) is 5.69 Å². The number of nitrogens with zero attached hydrogens (tertiary/aromatic N) is 4. The van der Waals surface area contributed by atoms with Gasteiger partial charge in [-0.25, -0.2) is 4.79 Å². The first kappa shape index (κ1) is 13.2. The largest absolute Gasteiger partial charge is 0.476 e. The predicted molar refractivity (Wildman–Crippen MR) is 78.1 cm³/mol. The Kier molecular flexibility index (Phi) is 3.09. The van der Waals surface area contributed by atoms with Crippen molar-refractivity contribution in [1.29, 1.82) is 0 Å². The minimum absolute atomic E-state index is 0.130. The number of rotatable bonds is 4. The topological polar surface area (TPSA) is 99.0 Å². The average molecular weight is 285 g/mol. The number of carboxylic acids is 1. The van der Waals surface area contributed by atoms with Crippen LogP contribution in [0.25, 0.3) is 10.9 Å². The molecule has 3 rings (SSSR count). The van der Waals surface area contributed by atoms with Crippen molar-refractivity contribution in [2.24, 2.45) is 0 Å². The summed E-state index contributed by atoms with van der Waals surface area (Å²) in [6, 6.07) is 7.92. The molecule has 3 N–H and O–H groups in total. The fourth-order valence-electron chi connectivity index (χ4n) is 2.39. The first-order chi connectivity index (χ1) is 10.1. The van der Waals surface area contributed by atoms with Gasteiger partial charge in [-0.05, 0) is 13.0 Å². The third-order valence-corrected chi connectivity index (χ3v) is 3.34. The van der Waals surface area contributed by atoms with Crippen molar-refractivity contribution in [3.8, 4) is 0 Å². The molecule has 2 aromatic heterocycles. The van der Waals surface area contributed by atoms with Crippen LogP contribution in [-0.2, 0) is 13.1 Å². The van der Waals surface area contributed by atoms with E-state index < -0.39 is 5.97 Å². The van der Waals surface area contributed by atoms with Crippen molar-refractivity contribution in [3.63, 3.8) is 0 Å². The second-order valence-electron chi connectivity index (χ2n) is 4.72. The zero-order chi connectivity index (χ0) is 15.0. The van der Waals surface area contributed by atoms with E-state index in [1.807, 2.05) is 35.9 Å². The Hall–Kier alpha value is -2.83. The summed E-state index contributed by atoms with van der Waals surface area (Å²) in [5.74, 6) is -1.13. The summed E-state index contributed by atoms with van der Waals surface area (Å²) in [6.07, 6.45) is 1.52. The summed E-state index contributed by atoms with van der Waals surface area (Å²) in [7, 11) is 0. The van der Waals surface area contributed by atoms with E-state index in [2.05, 4.69) is 10.2 Å². The molecule has 0 atom stereocenters. The van der Waals surface area contributed by atoms with E-state index in [1.54, 1.807) is 0 Å². The zero-order valence-electron chi connectivity index (χ0n) is 11.5. The first-order valence-electron chi connectivity index (χ1n) is 6.60. The zero-order valence-corrected chi connectivity index (χ0v) is 11.5. The number of para-hydroxylation sites is 1. The van der Waals surface area contributed by atoms with Gasteiger partial charge in [0, 0.05) is 18.1 Å². The van der Waals surface area contributed by atoms with Crippen LogP contribution in [0.1, 0.15) is 23.1 Å². The monoisotopic (exact) mass is 285 g/mol. The average Bonchev–Trinajstić information content (AvgIpc) is 3.01. The second kappa shape index (κ2) is 4.93. The molecule has 7 nitrogen and oxygen atoms in total. The van der Waals surface area contributed by atoms with Crippen LogP contribution in [0, 0.1) is 0 Å². The van der Waals surface area contributed by atoms with Crippen molar-refractivity contribution >= 4 is 22.6 Å². The SMILES string of the molecule is CCn1nc(Cn2cc(N)c(C(=O)O)n2)c2ccccc21. The molecule has 3 aromatic rings. The van der Waals surface area contributed by atoms with Crippen LogP contribution >= 0.6 is 0 Å². The summed E-state index contributed by atoms with van der Waals surface area (Å²) in [5, 5.41) is 18.6. The Bertz CT molecular complexity index is 818. The van der Waals surface area contributed by atoms with Crippen LogP contribution in [0.4, 0.5) is 5.69 Å². The van der Waals surface area contributed by atoms with E-state index >= 15 is 0 Å². The van der Waals surface area contributed by atoms with Crippen LogP contribution in [0.2, 0.25) is 0 Å².